The van der Waals surface area contributed by atoms with Crippen molar-refractivity contribution in [1.29, 1.82) is 0 Å². The number of fused-ring (bicyclic) bond motifs is 1. The molecule has 3 rings (SSSR count). The molecular formula is C16H8ClNO4. The summed E-state index contributed by atoms with van der Waals surface area (Å²) in [6.45, 7) is 0. The number of ketones is 2. The molecule has 0 N–H and O–H groups in total. The van der Waals surface area contributed by atoms with E-state index < -0.39 is 16.5 Å². The van der Waals surface area contributed by atoms with Crippen LogP contribution < -0.4 is 0 Å². The molecule has 0 radical (unpaired) electrons. The standard InChI is InChI=1S/C16H8ClNO4/c17-10-6-4-9(5-7-10)8-12-15(19)11-2-1-3-13(18(21)22)14(11)16(12)20/h1-8H/b12-8+. The van der Waals surface area contributed by atoms with Crippen molar-refractivity contribution < 1.29 is 14.5 Å². The number of Topliss-reactive ketones (excluding diaryl/α,β-unsaturated/α-hetero) is 2. The van der Waals surface area contributed by atoms with Crippen LogP contribution in [-0.4, -0.2) is 16.5 Å². The lowest BCUT2D eigenvalue weighted by Gasteiger charge is -1.97. The second kappa shape index (κ2) is 5.20. The van der Waals surface area contributed by atoms with Crippen LogP contribution in [0.5, 0.6) is 0 Å². The maximum absolute atomic E-state index is 12.4. The zero-order valence-electron chi connectivity index (χ0n) is 11.1. The summed E-state index contributed by atoms with van der Waals surface area (Å²) in [6, 6.07) is 10.6. The number of nitro groups is 1. The third-order valence-corrected chi connectivity index (χ3v) is 3.63. The SMILES string of the molecule is O=C1/C(=C\c2ccc(Cl)cc2)C(=O)c2c1cccc2[N+](=O)[O-]. The number of carbonyl (C=O) groups excluding carboxylic acids is 2. The number of nitro benzene ring substituents is 1. The summed E-state index contributed by atoms with van der Waals surface area (Å²) in [6.07, 6.45) is 1.42. The van der Waals surface area contributed by atoms with Gasteiger partial charge in [0.1, 0.15) is 5.56 Å². The maximum atomic E-state index is 12.4. The Morgan fingerprint density at radius 3 is 2.32 bits per heavy atom. The Morgan fingerprint density at radius 2 is 1.68 bits per heavy atom. The third-order valence-electron chi connectivity index (χ3n) is 3.38. The Labute approximate surface area is 130 Å². The van der Waals surface area contributed by atoms with Gasteiger partial charge in [-0.3, -0.25) is 19.7 Å². The van der Waals surface area contributed by atoms with E-state index in [1.165, 1.54) is 24.3 Å². The molecule has 1 aliphatic carbocycles. The van der Waals surface area contributed by atoms with Gasteiger partial charge in [-0.25, -0.2) is 0 Å². The molecule has 0 bridgehead atoms. The van der Waals surface area contributed by atoms with Crippen LogP contribution in [0.2, 0.25) is 5.02 Å². The molecule has 2 aromatic rings. The van der Waals surface area contributed by atoms with Gasteiger partial charge in [0.25, 0.3) is 5.69 Å². The summed E-state index contributed by atoms with van der Waals surface area (Å²) < 4.78 is 0. The number of hydrogen-bond acceptors (Lipinski definition) is 4. The van der Waals surface area contributed by atoms with Crippen molar-refractivity contribution >= 4 is 34.9 Å². The number of benzene rings is 2. The lowest BCUT2D eigenvalue weighted by atomic mass is 10.1. The first kappa shape index (κ1) is 14.2. The van der Waals surface area contributed by atoms with Crippen LogP contribution in [0.25, 0.3) is 6.08 Å². The first-order valence-electron chi connectivity index (χ1n) is 6.33. The van der Waals surface area contributed by atoms with Crippen LogP contribution in [0.4, 0.5) is 5.69 Å². The fraction of sp³-hybridized carbons (Fsp3) is 0. The molecule has 0 fully saturated rings. The number of halogens is 1. The maximum Gasteiger partial charge on any atom is 0.281 e. The predicted octanol–water partition coefficient (Wildman–Crippen LogP) is 3.71. The first-order valence-corrected chi connectivity index (χ1v) is 6.71. The lowest BCUT2D eigenvalue weighted by Crippen LogP contribution is -2.01. The molecule has 5 nitrogen and oxygen atoms in total. The van der Waals surface area contributed by atoms with Gasteiger partial charge in [-0.1, -0.05) is 29.8 Å². The molecule has 0 aromatic heterocycles. The van der Waals surface area contributed by atoms with Gasteiger partial charge >= 0.3 is 0 Å². The summed E-state index contributed by atoms with van der Waals surface area (Å²) in [4.78, 5) is 35.1. The molecule has 0 atom stereocenters. The van der Waals surface area contributed by atoms with E-state index in [1.807, 2.05) is 0 Å². The molecule has 0 amide bonds. The Kier molecular flexibility index (Phi) is 3.35. The first-order chi connectivity index (χ1) is 10.5. The van der Waals surface area contributed by atoms with Crippen molar-refractivity contribution in [3.8, 4) is 0 Å². The third kappa shape index (κ3) is 2.21. The zero-order valence-corrected chi connectivity index (χ0v) is 11.8. The van der Waals surface area contributed by atoms with E-state index in [2.05, 4.69) is 0 Å². The van der Waals surface area contributed by atoms with Crippen LogP contribution in [0.1, 0.15) is 26.3 Å². The van der Waals surface area contributed by atoms with Gasteiger partial charge < -0.3 is 0 Å². The summed E-state index contributed by atoms with van der Waals surface area (Å²) in [5.74, 6) is -1.12. The normalized spacial score (nSPS) is 15.2. The average molecular weight is 314 g/mol. The van der Waals surface area contributed by atoms with Crippen molar-refractivity contribution in [2.45, 2.75) is 0 Å². The number of hydrogen-bond donors (Lipinski definition) is 0. The van der Waals surface area contributed by atoms with Gasteiger partial charge in [-0.15, -0.1) is 0 Å². The minimum absolute atomic E-state index is 0.0689. The number of allylic oxidation sites excluding steroid dienone is 1. The van der Waals surface area contributed by atoms with Crippen LogP contribution in [0.15, 0.2) is 48.0 Å². The van der Waals surface area contributed by atoms with E-state index in [1.54, 1.807) is 24.3 Å². The highest BCUT2D eigenvalue weighted by Crippen LogP contribution is 2.34. The highest BCUT2D eigenvalue weighted by molar-refractivity contribution is 6.42. The second-order valence-electron chi connectivity index (χ2n) is 4.72. The van der Waals surface area contributed by atoms with E-state index in [0.717, 1.165) is 0 Å². The molecule has 108 valence electrons. The molecule has 0 spiro atoms. The van der Waals surface area contributed by atoms with E-state index in [-0.39, 0.29) is 22.4 Å². The van der Waals surface area contributed by atoms with Gasteiger partial charge in [-0.05, 0) is 29.8 Å². The smallest absolute Gasteiger partial charge is 0.281 e. The average Bonchev–Trinajstić information content (AvgIpc) is 2.74. The summed E-state index contributed by atoms with van der Waals surface area (Å²) in [5.41, 5.74) is 0.121. The number of carbonyl (C=O) groups is 2. The zero-order chi connectivity index (χ0) is 15.9. The molecule has 1 aliphatic rings. The van der Waals surface area contributed by atoms with Crippen molar-refractivity contribution in [3.05, 3.63) is 79.9 Å². The summed E-state index contributed by atoms with van der Waals surface area (Å²) >= 11 is 5.78. The Bertz CT molecular complexity index is 853. The van der Waals surface area contributed by atoms with Crippen molar-refractivity contribution in [1.82, 2.24) is 0 Å². The minimum Gasteiger partial charge on any atom is -0.288 e. The van der Waals surface area contributed by atoms with Gasteiger partial charge in [0, 0.05) is 16.7 Å². The van der Waals surface area contributed by atoms with E-state index >= 15 is 0 Å². The van der Waals surface area contributed by atoms with E-state index in [4.69, 9.17) is 11.6 Å². The van der Waals surface area contributed by atoms with Gasteiger partial charge in [-0.2, -0.15) is 0 Å². The highest BCUT2D eigenvalue weighted by atomic mass is 35.5. The molecule has 0 aliphatic heterocycles. The van der Waals surface area contributed by atoms with Crippen LogP contribution in [0.3, 0.4) is 0 Å². The number of rotatable bonds is 2. The predicted molar refractivity (Wildman–Crippen MR) is 81.2 cm³/mol. The van der Waals surface area contributed by atoms with Crippen molar-refractivity contribution in [3.63, 3.8) is 0 Å². The Morgan fingerprint density at radius 1 is 1.00 bits per heavy atom. The molecule has 6 heteroatoms. The van der Waals surface area contributed by atoms with Crippen molar-refractivity contribution in [2.75, 3.05) is 0 Å². The topological polar surface area (TPSA) is 77.3 Å². The van der Waals surface area contributed by atoms with Gasteiger partial charge in [0.05, 0.1) is 10.5 Å². The van der Waals surface area contributed by atoms with Gasteiger partial charge in [0.2, 0.25) is 5.78 Å². The van der Waals surface area contributed by atoms with Crippen molar-refractivity contribution in [2.24, 2.45) is 0 Å². The lowest BCUT2D eigenvalue weighted by molar-refractivity contribution is -0.385. The largest absolute Gasteiger partial charge is 0.288 e. The molecular weight excluding hydrogens is 306 g/mol. The summed E-state index contributed by atoms with van der Waals surface area (Å²) in [5, 5.41) is 11.6. The fourth-order valence-corrected chi connectivity index (χ4v) is 2.49. The number of nitrogens with zero attached hydrogens (tertiary/aromatic N) is 1. The molecule has 0 unspecified atom stereocenters. The molecule has 22 heavy (non-hydrogen) atoms. The quantitative estimate of drug-likeness (QED) is 0.366. The van der Waals surface area contributed by atoms with Crippen LogP contribution >= 0.6 is 11.6 Å². The molecule has 2 aromatic carbocycles. The molecule has 0 saturated heterocycles. The second-order valence-corrected chi connectivity index (χ2v) is 5.16. The minimum atomic E-state index is -0.657. The van der Waals surface area contributed by atoms with E-state index in [9.17, 15) is 19.7 Å². The molecule has 0 saturated carbocycles. The highest BCUT2D eigenvalue weighted by Gasteiger charge is 2.38. The van der Waals surface area contributed by atoms with Crippen LogP contribution in [-0.2, 0) is 0 Å². The Hall–Kier alpha value is -2.79. The Balaban J connectivity index is 2.13. The van der Waals surface area contributed by atoms with Crippen LogP contribution in [0, 0.1) is 10.1 Å². The monoisotopic (exact) mass is 313 g/mol. The fourth-order valence-electron chi connectivity index (χ4n) is 2.36. The molecule has 0 heterocycles. The van der Waals surface area contributed by atoms with Gasteiger partial charge in [0.15, 0.2) is 5.78 Å². The summed E-state index contributed by atoms with van der Waals surface area (Å²) in [7, 11) is 0. The van der Waals surface area contributed by atoms with E-state index in [0.29, 0.717) is 10.6 Å².